The van der Waals surface area contributed by atoms with E-state index in [0.29, 0.717) is 23.3 Å². The summed E-state index contributed by atoms with van der Waals surface area (Å²) in [4.78, 5) is 78.8. The summed E-state index contributed by atoms with van der Waals surface area (Å²) >= 11 is 24.1. The van der Waals surface area contributed by atoms with Gasteiger partial charge in [0.2, 0.25) is 12.1 Å². The molecule has 0 fully saturated rings. The van der Waals surface area contributed by atoms with Gasteiger partial charge in [-0.25, -0.2) is 0 Å². The summed E-state index contributed by atoms with van der Waals surface area (Å²) in [6, 6.07) is 11.9. The second-order valence-corrected chi connectivity index (χ2v) is 16.6. The van der Waals surface area contributed by atoms with Crippen molar-refractivity contribution in [3.05, 3.63) is 138 Å². The van der Waals surface area contributed by atoms with Crippen LogP contribution in [0.15, 0.2) is 105 Å². The standard InChI is InChI=1S/C46H36Cl4F6N8O6/c1-5-23-15-29(57-43(69)38(21(3)65)63-61-27-9-13-34(49)30(19-27)41(67)58-36-17-25(47)7-11-32(36)45(51,52)53)16-24(6-2)40(23)60-44(70)39(22(4)66)64-62-28-10-14-35(50)31(20-28)42(68)59-37-18-26(48)8-12-33(37)46(54,55)56/h7-20,38-39H,5-6H2,1-4H3,(H,57,69)(H,58,67)(H,59,68)(H,60,70). The Kier molecular flexibility index (Phi) is 17.6. The van der Waals surface area contributed by atoms with Gasteiger partial charge in [0, 0.05) is 21.4 Å². The average Bonchev–Trinajstić information content (AvgIpc) is 3.26. The summed E-state index contributed by atoms with van der Waals surface area (Å²) < 4.78 is 81.7. The first-order valence-corrected chi connectivity index (χ1v) is 21.9. The lowest BCUT2D eigenvalue weighted by atomic mass is 10.0. The van der Waals surface area contributed by atoms with Crippen LogP contribution in [-0.2, 0) is 44.4 Å². The molecule has 0 heterocycles. The van der Waals surface area contributed by atoms with Crippen molar-refractivity contribution in [1.29, 1.82) is 0 Å². The Morgan fingerprint density at radius 1 is 0.529 bits per heavy atom. The van der Waals surface area contributed by atoms with Gasteiger partial charge in [-0.05, 0) is 123 Å². The van der Waals surface area contributed by atoms with Gasteiger partial charge in [-0.1, -0.05) is 60.3 Å². The number of alkyl halides is 6. The van der Waals surface area contributed by atoms with Gasteiger partial charge in [0.15, 0.2) is 11.6 Å². The van der Waals surface area contributed by atoms with Gasteiger partial charge in [-0.2, -0.15) is 46.8 Å². The van der Waals surface area contributed by atoms with E-state index in [0.717, 1.165) is 50.2 Å². The maximum atomic E-state index is 13.6. The number of Topliss-reactive ketones (excluding diaryl/α,β-unsaturated/α-hetero) is 2. The predicted octanol–water partition coefficient (Wildman–Crippen LogP) is 13.3. The molecular formula is C46H36Cl4F6N8O6. The molecule has 0 aromatic heterocycles. The lowest BCUT2D eigenvalue weighted by Gasteiger charge is -2.19. The molecule has 0 radical (unpaired) electrons. The van der Waals surface area contributed by atoms with Crippen molar-refractivity contribution in [1.82, 2.24) is 0 Å². The molecule has 0 aliphatic rings. The van der Waals surface area contributed by atoms with Crippen molar-refractivity contribution in [3.8, 4) is 0 Å². The van der Waals surface area contributed by atoms with Gasteiger partial charge in [0.05, 0.1) is 55.0 Å². The van der Waals surface area contributed by atoms with E-state index < -0.39 is 82.1 Å². The minimum absolute atomic E-state index is 0.0835. The first kappa shape index (κ1) is 54.2. The van der Waals surface area contributed by atoms with Crippen LogP contribution >= 0.6 is 46.4 Å². The number of nitrogens with zero attached hydrogens (tertiary/aromatic N) is 4. The zero-order valence-electron chi connectivity index (χ0n) is 36.7. The number of amides is 4. The predicted molar refractivity (Wildman–Crippen MR) is 252 cm³/mol. The number of carbonyl (C=O) groups excluding carboxylic acids is 6. The molecule has 14 nitrogen and oxygen atoms in total. The van der Waals surface area contributed by atoms with E-state index in [2.05, 4.69) is 41.7 Å². The Bertz CT molecular complexity index is 2940. The van der Waals surface area contributed by atoms with Crippen molar-refractivity contribution in [2.24, 2.45) is 20.5 Å². The Labute approximate surface area is 414 Å². The molecule has 0 saturated carbocycles. The van der Waals surface area contributed by atoms with E-state index in [1.165, 1.54) is 36.4 Å². The van der Waals surface area contributed by atoms with Gasteiger partial charge in [-0.3, -0.25) is 28.8 Å². The highest BCUT2D eigenvalue weighted by Gasteiger charge is 2.36. The number of ketones is 2. The number of aryl methyl sites for hydroxylation is 2. The average molecular weight is 1050 g/mol. The van der Waals surface area contributed by atoms with Gasteiger partial charge in [0.25, 0.3) is 23.6 Å². The first-order valence-electron chi connectivity index (χ1n) is 20.4. The Morgan fingerprint density at radius 2 is 0.914 bits per heavy atom. The molecule has 5 aromatic rings. The van der Waals surface area contributed by atoms with Gasteiger partial charge in [0.1, 0.15) is 0 Å². The van der Waals surface area contributed by atoms with Gasteiger partial charge >= 0.3 is 12.4 Å². The van der Waals surface area contributed by atoms with Crippen LogP contribution in [0.4, 0.5) is 60.5 Å². The molecule has 0 aliphatic carbocycles. The maximum absolute atomic E-state index is 13.6. The van der Waals surface area contributed by atoms with Crippen LogP contribution < -0.4 is 21.3 Å². The van der Waals surface area contributed by atoms with E-state index in [1.807, 2.05) is 0 Å². The Hall–Kier alpha value is -6.74. The van der Waals surface area contributed by atoms with Crippen molar-refractivity contribution >= 4 is 116 Å². The minimum Gasteiger partial charge on any atom is -0.324 e. The highest BCUT2D eigenvalue weighted by atomic mass is 35.5. The molecule has 0 aliphatic heterocycles. The number of hydrogen-bond acceptors (Lipinski definition) is 10. The van der Waals surface area contributed by atoms with Crippen LogP contribution in [0.5, 0.6) is 0 Å². The number of anilines is 4. The number of carbonyl (C=O) groups is 6. The highest BCUT2D eigenvalue weighted by molar-refractivity contribution is 6.35. The van der Waals surface area contributed by atoms with Crippen LogP contribution in [0.3, 0.4) is 0 Å². The highest BCUT2D eigenvalue weighted by Crippen LogP contribution is 2.39. The third-order valence-electron chi connectivity index (χ3n) is 9.88. The molecule has 2 atom stereocenters. The first-order chi connectivity index (χ1) is 32.8. The summed E-state index contributed by atoms with van der Waals surface area (Å²) in [5.74, 6) is -5.45. The number of hydrogen-bond donors (Lipinski definition) is 4. The molecular weight excluding hydrogens is 1020 g/mol. The van der Waals surface area contributed by atoms with Crippen LogP contribution in [0.1, 0.15) is 70.7 Å². The van der Waals surface area contributed by atoms with Gasteiger partial charge in [-0.15, -0.1) is 0 Å². The number of nitrogens with one attached hydrogen (secondary N) is 4. The summed E-state index contributed by atoms with van der Waals surface area (Å²) in [7, 11) is 0. The molecule has 24 heteroatoms. The smallest absolute Gasteiger partial charge is 0.324 e. The summed E-state index contributed by atoms with van der Waals surface area (Å²) in [5.41, 5.74) is -3.04. The number of azo groups is 2. The zero-order chi connectivity index (χ0) is 51.8. The van der Waals surface area contributed by atoms with Crippen LogP contribution in [0.25, 0.3) is 0 Å². The molecule has 70 heavy (non-hydrogen) atoms. The van der Waals surface area contributed by atoms with Crippen molar-refractivity contribution < 1.29 is 55.1 Å². The topological polar surface area (TPSA) is 200 Å². The molecule has 0 spiro atoms. The third kappa shape index (κ3) is 13.7. The zero-order valence-corrected chi connectivity index (χ0v) is 39.7. The Balaban J connectivity index is 1.32. The monoisotopic (exact) mass is 1050 g/mol. The number of halogens is 10. The Morgan fingerprint density at radius 3 is 1.27 bits per heavy atom. The fraction of sp³-hybridized carbons (Fsp3) is 0.217. The summed E-state index contributed by atoms with van der Waals surface area (Å²) in [6.07, 6.45) is -9.13. The lowest BCUT2D eigenvalue weighted by Crippen LogP contribution is -2.33. The second kappa shape index (κ2) is 22.8. The molecule has 4 N–H and O–H groups in total. The molecule has 0 saturated heterocycles. The number of benzene rings is 5. The number of rotatable bonds is 16. The van der Waals surface area contributed by atoms with Crippen LogP contribution in [0.2, 0.25) is 20.1 Å². The maximum Gasteiger partial charge on any atom is 0.418 e. The normalized spacial score (nSPS) is 12.7. The quantitative estimate of drug-likeness (QED) is 0.0430. The van der Waals surface area contributed by atoms with Crippen LogP contribution in [0, 0.1) is 0 Å². The van der Waals surface area contributed by atoms with E-state index >= 15 is 0 Å². The molecule has 0 bridgehead atoms. The molecule has 366 valence electrons. The SMILES string of the molecule is CCc1cc(NC(=O)C(N=Nc2ccc(Cl)c(C(=O)Nc3cc(Cl)ccc3C(F)(F)F)c2)C(C)=O)cc(CC)c1NC(=O)C(N=Nc1ccc(Cl)c(C(=O)Nc2cc(Cl)ccc2C(F)(F)F)c1)C(C)=O. The molecule has 5 aromatic carbocycles. The van der Waals surface area contributed by atoms with E-state index in [9.17, 15) is 55.1 Å². The van der Waals surface area contributed by atoms with E-state index in [1.54, 1.807) is 13.8 Å². The van der Waals surface area contributed by atoms with E-state index in [-0.39, 0.29) is 66.8 Å². The van der Waals surface area contributed by atoms with Crippen molar-refractivity contribution in [2.45, 2.75) is 65.0 Å². The van der Waals surface area contributed by atoms with Crippen molar-refractivity contribution in [2.75, 3.05) is 21.3 Å². The molecule has 4 amide bonds. The largest absolute Gasteiger partial charge is 0.418 e. The fourth-order valence-electron chi connectivity index (χ4n) is 6.46. The van der Waals surface area contributed by atoms with E-state index in [4.69, 9.17) is 46.4 Å². The fourth-order valence-corrected chi connectivity index (χ4v) is 7.21. The molecule has 2 unspecified atom stereocenters. The summed E-state index contributed by atoms with van der Waals surface area (Å²) in [6.45, 7) is 5.63. The lowest BCUT2D eigenvalue weighted by molar-refractivity contribution is -0.137. The van der Waals surface area contributed by atoms with Crippen LogP contribution in [-0.4, -0.2) is 47.3 Å². The molecule has 5 rings (SSSR count). The van der Waals surface area contributed by atoms with Crippen molar-refractivity contribution in [3.63, 3.8) is 0 Å². The minimum atomic E-state index is -4.83. The van der Waals surface area contributed by atoms with Gasteiger partial charge < -0.3 is 21.3 Å². The summed E-state index contributed by atoms with van der Waals surface area (Å²) in [5, 5.41) is 24.7. The third-order valence-corrected chi connectivity index (χ3v) is 11.0. The second-order valence-electron chi connectivity index (χ2n) is 14.9.